The summed E-state index contributed by atoms with van der Waals surface area (Å²) in [6.07, 6.45) is 1.12. The van der Waals surface area contributed by atoms with Crippen molar-refractivity contribution in [2.75, 3.05) is 0 Å². The summed E-state index contributed by atoms with van der Waals surface area (Å²) >= 11 is 0. The van der Waals surface area contributed by atoms with Crippen molar-refractivity contribution in [3.05, 3.63) is 12.8 Å². The van der Waals surface area contributed by atoms with Gasteiger partial charge in [0.1, 0.15) is 6.04 Å². The first kappa shape index (κ1) is 10.5. The van der Waals surface area contributed by atoms with E-state index in [4.69, 9.17) is 10.2 Å². The van der Waals surface area contributed by atoms with Crippen LogP contribution < -0.4 is 5.32 Å². The first-order valence-electron chi connectivity index (χ1n) is 3.39. The Morgan fingerprint density at radius 1 is 1.50 bits per heavy atom. The Labute approximate surface area is 69.7 Å². The number of hydrogen-bond acceptors (Lipinski definition) is 3. The SMILES string of the molecule is C=CN[C@@H](CCC(=O)O)C(=O)O. The van der Waals surface area contributed by atoms with Crippen molar-refractivity contribution in [1.82, 2.24) is 5.32 Å². The summed E-state index contributed by atoms with van der Waals surface area (Å²) in [5.74, 6) is -2.08. The van der Waals surface area contributed by atoms with Crippen LogP contribution in [0.5, 0.6) is 0 Å². The lowest BCUT2D eigenvalue weighted by molar-refractivity contribution is -0.140. The maximum atomic E-state index is 10.4. The molecule has 0 aromatic rings. The van der Waals surface area contributed by atoms with Gasteiger partial charge in [0.15, 0.2) is 0 Å². The topological polar surface area (TPSA) is 86.6 Å². The van der Waals surface area contributed by atoms with Gasteiger partial charge in [0, 0.05) is 6.42 Å². The monoisotopic (exact) mass is 173 g/mol. The third-order valence-corrected chi connectivity index (χ3v) is 1.26. The average Bonchev–Trinajstić information content (AvgIpc) is 1.96. The van der Waals surface area contributed by atoms with Crippen LogP contribution >= 0.6 is 0 Å². The van der Waals surface area contributed by atoms with E-state index in [0.29, 0.717) is 0 Å². The van der Waals surface area contributed by atoms with Gasteiger partial charge in [-0.05, 0) is 12.6 Å². The molecule has 3 N–H and O–H groups in total. The molecule has 0 aromatic carbocycles. The van der Waals surface area contributed by atoms with Crippen LogP contribution in [0.25, 0.3) is 0 Å². The fraction of sp³-hybridized carbons (Fsp3) is 0.429. The number of aliphatic carboxylic acids is 2. The first-order valence-corrected chi connectivity index (χ1v) is 3.39. The average molecular weight is 173 g/mol. The largest absolute Gasteiger partial charge is 0.481 e. The number of carbonyl (C=O) groups is 2. The number of carboxylic acid groups (broad SMARTS) is 2. The second-order valence-corrected chi connectivity index (χ2v) is 2.19. The second kappa shape index (κ2) is 5.17. The maximum absolute atomic E-state index is 10.4. The lowest BCUT2D eigenvalue weighted by Crippen LogP contribution is -2.33. The second-order valence-electron chi connectivity index (χ2n) is 2.19. The van der Waals surface area contributed by atoms with Gasteiger partial charge in [-0.1, -0.05) is 6.58 Å². The Morgan fingerprint density at radius 2 is 2.08 bits per heavy atom. The third-order valence-electron chi connectivity index (χ3n) is 1.26. The van der Waals surface area contributed by atoms with Crippen LogP contribution in [0.15, 0.2) is 12.8 Å². The van der Waals surface area contributed by atoms with Crippen molar-refractivity contribution in [2.45, 2.75) is 18.9 Å². The molecule has 0 saturated heterocycles. The molecule has 0 fully saturated rings. The molecule has 0 aliphatic rings. The highest BCUT2D eigenvalue weighted by atomic mass is 16.4. The van der Waals surface area contributed by atoms with Gasteiger partial charge in [0.05, 0.1) is 0 Å². The van der Waals surface area contributed by atoms with Crippen LogP contribution in [0.1, 0.15) is 12.8 Å². The summed E-state index contributed by atoms with van der Waals surface area (Å²) in [6, 6.07) is -0.862. The number of nitrogens with one attached hydrogen (secondary N) is 1. The van der Waals surface area contributed by atoms with E-state index in [1.54, 1.807) is 0 Å². The van der Waals surface area contributed by atoms with Gasteiger partial charge >= 0.3 is 11.9 Å². The first-order chi connectivity index (χ1) is 5.57. The van der Waals surface area contributed by atoms with E-state index >= 15 is 0 Å². The minimum absolute atomic E-state index is 0.0523. The molecule has 0 bridgehead atoms. The van der Waals surface area contributed by atoms with Gasteiger partial charge in [-0.25, -0.2) is 4.79 Å². The molecule has 0 spiro atoms. The quantitative estimate of drug-likeness (QED) is 0.527. The molecular formula is C7H11NO4. The van der Waals surface area contributed by atoms with E-state index < -0.39 is 18.0 Å². The van der Waals surface area contributed by atoms with Crippen molar-refractivity contribution in [3.8, 4) is 0 Å². The van der Waals surface area contributed by atoms with E-state index in [2.05, 4.69) is 11.9 Å². The molecule has 0 amide bonds. The van der Waals surface area contributed by atoms with Gasteiger partial charge < -0.3 is 15.5 Å². The van der Waals surface area contributed by atoms with Gasteiger partial charge in [-0.2, -0.15) is 0 Å². The Hall–Kier alpha value is -1.52. The van der Waals surface area contributed by atoms with Crippen LogP contribution in [0, 0.1) is 0 Å². The maximum Gasteiger partial charge on any atom is 0.326 e. The Kier molecular flexibility index (Phi) is 4.52. The summed E-state index contributed by atoms with van der Waals surface area (Å²) < 4.78 is 0. The van der Waals surface area contributed by atoms with Gasteiger partial charge in [-0.3, -0.25) is 4.79 Å². The summed E-state index contributed by atoms with van der Waals surface area (Å²) in [7, 11) is 0. The summed E-state index contributed by atoms with van der Waals surface area (Å²) in [6.45, 7) is 3.29. The number of hydrogen-bond donors (Lipinski definition) is 3. The lowest BCUT2D eigenvalue weighted by Gasteiger charge is -2.09. The van der Waals surface area contributed by atoms with Gasteiger partial charge in [0.25, 0.3) is 0 Å². The van der Waals surface area contributed by atoms with E-state index in [1.807, 2.05) is 0 Å². The molecular weight excluding hydrogens is 162 g/mol. The molecule has 0 unspecified atom stereocenters. The zero-order valence-electron chi connectivity index (χ0n) is 6.49. The fourth-order valence-corrected chi connectivity index (χ4v) is 0.688. The van der Waals surface area contributed by atoms with E-state index in [9.17, 15) is 9.59 Å². The van der Waals surface area contributed by atoms with Crippen molar-refractivity contribution in [3.63, 3.8) is 0 Å². The molecule has 0 aliphatic carbocycles. The molecule has 0 heterocycles. The Bertz CT molecular complexity index is 190. The van der Waals surface area contributed by atoms with Crippen LogP contribution in [0.2, 0.25) is 0 Å². The van der Waals surface area contributed by atoms with Gasteiger partial charge in [0.2, 0.25) is 0 Å². The molecule has 68 valence electrons. The highest BCUT2D eigenvalue weighted by molar-refractivity contribution is 5.75. The minimum atomic E-state index is -1.07. The van der Waals surface area contributed by atoms with Gasteiger partial charge in [-0.15, -0.1) is 0 Å². The third kappa shape index (κ3) is 4.32. The Balaban J connectivity index is 3.86. The highest BCUT2D eigenvalue weighted by Crippen LogP contribution is 1.97. The smallest absolute Gasteiger partial charge is 0.326 e. The summed E-state index contributed by atoms with van der Waals surface area (Å²) in [5, 5.41) is 19.2. The van der Waals surface area contributed by atoms with Crippen LogP contribution in [-0.4, -0.2) is 28.2 Å². The molecule has 12 heavy (non-hydrogen) atoms. The minimum Gasteiger partial charge on any atom is -0.481 e. The lowest BCUT2D eigenvalue weighted by atomic mass is 10.1. The molecule has 0 radical (unpaired) electrons. The van der Waals surface area contributed by atoms with Crippen LogP contribution in [0.3, 0.4) is 0 Å². The predicted molar refractivity (Wildman–Crippen MR) is 41.6 cm³/mol. The molecule has 5 heteroatoms. The van der Waals surface area contributed by atoms with Crippen molar-refractivity contribution in [2.24, 2.45) is 0 Å². The molecule has 0 aliphatic heterocycles. The number of rotatable bonds is 6. The van der Waals surface area contributed by atoms with Crippen LogP contribution in [0.4, 0.5) is 0 Å². The summed E-state index contributed by atoms with van der Waals surface area (Å²) in [4.78, 5) is 20.5. The molecule has 0 rings (SSSR count). The highest BCUT2D eigenvalue weighted by Gasteiger charge is 2.15. The zero-order valence-corrected chi connectivity index (χ0v) is 6.49. The van der Waals surface area contributed by atoms with E-state index in [-0.39, 0.29) is 12.8 Å². The normalized spacial score (nSPS) is 11.7. The van der Waals surface area contributed by atoms with Crippen molar-refractivity contribution in [1.29, 1.82) is 0 Å². The van der Waals surface area contributed by atoms with Crippen molar-refractivity contribution >= 4 is 11.9 Å². The molecule has 1 atom stereocenters. The standard InChI is InChI=1S/C7H11NO4/c1-2-8-5(7(11)12)3-4-6(9)10/h2,5,8H,1,3-4H2,(H,9,10)(H,11,12)/t5-/m0/s1. The fourth-order valence-electron chi connectivity index (χ4n) is 0.688. The zero-order chi connectivity index (χ0) is 9.56. The number of carboxylic acids is 2. The van der Waals surface area contributed by atoms with Crippen molar-refractivity contribution < 1.29 is 19.8 Å². The predicted octanol–water partition coefficient (Wildman–Crippen LogP) is 0.0375. The summed E-state index contributed by atoms with van der Waals surface area (Å²) in [5.41, 5.74) is 0. The molecule has 5 nitrogen and oxygen atoms in total. The molecule has 0 aromatic heterocycles. The van der Waals surface area contributed by atoms with E-state index in [0.717, 1.165) is 0 Å². The Morgan fingerprint density at radius 3 is 2.42 bits per heavy atom. The molecule has 0 saturated carbocycles. The van der Waals surface area contributed by atoms with Crippen LogP contribution in [-0.2, 0) is 9.59 Å². The van der Waals surface area contributed by atoms with E-state index in [1.165, 1.54) is 6.20 Å².